The van der Waals surface area contributed by atoms with Crippen LogP contribution in [0.15, 0.2) is 24.7 Å². The summed E-state index contributed by atoms with van der Waals surface area (Å²) in [6, 6.07) is 0. The van der Waals surface area contributed by atoms with Crippen molar-refractivity contribution in [2.45, 2.75) is 13.5 Å². The molecule has 0 saturated heterocycles. The number of hydrogen-bond acceptors (Lipinski definition) is 2. The molecular weight excluding hydrogens is 154 g/mol. The Hall–Kier alpha value is -1.58. The molecule has 0 aliphatic rings. The first kappa shape index (κ1) is 8.52. The summed E-state index contributed by atoms with van der Waals surface area (Å²) < 4.78 is 0. The first-order valence-electron chi connectivity index (χ1n) is 3.70. The van der Waals surface area contributed by atoms with E-state index >= 15 is 0 Å². The second-order valence-electron chi connectivity index (χ2n) is 2.29. The average molecular weight is 165 g/mol. The molecule has 0 radical (unpaired) electrons. The van der Waals surface area contributed by atoms with Crippen molar-refractivity contribution in [2.24, 2.45) is 0 Å². The molecule has 1 amide bonds. The number of carbonyl (C=O) groups excluding carboxylic acids is 1. The maximum absolute atomic E-state index is 10.9. The molecule has 12 heavy (non-hydrogen) atoms. The lowest BCUT2D eigenvalue weighted by molar-refractivity contribution is -0.116. The minimum Gasteiger partial charge on any atom is -0.347 e. The number of carbonyl (C=O) groups is 1. The molecule has 0 aliphatic heterocycles. The van der Waals surface area contributed by atoms with Crippen LogP contribution < -0.4 is 5.32 Å². The molecule has 4 nitrogen and oxygen atoms in total. The van der Waals surface area contributed by atoms with E-state index in [1.807, 2.05) is 0 Å². The number of hydrogen-bond donors (Lipinski definition) is 2. The maximum atomic E-state index is 10.9. The Morgan fingerprint density at radius 1 is 1.83 bits per heavy atom. The largest absolute Gasteiger partial charge is 0.347 e. The molecule has 2 N–H and O–H groups in total. The molecule has 0 atom stereocenters. The predicted octanol–water partition coefficient (Wildman–Crippen LogP) is 0.602. The third-order valence-electron chi connectivity index (χ3n) is 1.33. The molecule has 0 aromatic carbocycles. The lowest BCUT2D eigenvalue weighted by Crippen LogP contribution is -2.20. The van der Waals surface area contributed by atoms with Crippen molar-refractivity contribution in [1.29, 1.82) is 0 Å². The van der Waals surface area contributed by atoms with Gasteiger partial charge in [-0.2, -0.15) is 0 Å². The number of rotatable bonds is 3. The summed E-state index contributed by atoms with van der Waals surface area (Å²) in [5.74, 6) is -0.0906. The highest BCUT2D eigenvalue weighted by Gasteiger charge is 1.95. The SMILES string of the molecule is CC=CC(=O)NCc1cnc[nH]1. The van der Waals surface area contributed by atoms with E-state index < -0.39 is 0 Å². The van der Waals surface area contributed by atoms with E-state index in [9.17, 15) is 4.79 Å². The first-order valence-corrected chi connectivity index (χ1v) is 3.70. The van der Waals surface area contributed by atoms with Gasteiger partial charge in [-0.3, -0.25) is 4.79 Å². The summed E-state index contributed by atoms with van der Waals surface area (Å²) >= 11 is 0. The van der Waals surface area contributed by atoms with E-state index in [1.54, 1.807) is 25.5 Å². The van der Waals surface area contributed by atoms with Gasteiger partial charge in [0, 0.05) is 6.20 Å². The number of nitrogens with zero attached hydrogens (tertiary/aromatic N) is 1. The molecule has 0 spiro atoms. The second kappa shape index (κ2) is 4.33. The molecule has 0 unspecified atom stereocenters. The number of nitrogens with one attached hydrogen (secondary N) is 2. The molecule has 1 heterocycles. The fraction of sp³-hybridized carbons (Fsp3) is 0.250. The van der Waals surface area contributed by atoms with Gasteiger partial charge in [-0.1, -0.05) is 6.08 Å². The molecular formula is C8H11N3O. The standard InChI is InChI=1S/C8H11N3O/c1-2-3-8(12)10-5-7-4-9-6-11-7/h2-4,6H,5H2,1H3,(H,9,11)(H,10,12). The van der Waals surface area contributed by atoms with Crippen molar-refractivity contribution in [3.63, 3.8) is 0 Å². The molecule has 1 aromatic heterocycles. The van der Waals surface area contributed by atoms with Crippen molar-refractivity contribution in [2.75, 3.05) is 0 Å². The lowest BCUT2D eigenvalue weighted by atomic mass is 10.4. The third kappa shape index (κ3) is 2.57. The number of aromatic amines is 1. The van der Waals surface area contributed by atoms with Gasteiger partial charge in [-0.05, 0) is 13.0 Å². The van der Waals surface area contributed by atoms with Gasteiger partial charge in [0.1, 0.15) is 0 Å². The minimum absolute atomic E-state index is 0.0906. The molecule has 4 heteroatoms. The Morgan fingerprint density at radius 2 is 2.67 bits per heavy atom. The summed E-state index contributed by atoms with van der Waals surface area (Å²) in [6.45, 7) is 2.29. The maximum Gasteiger partial charge on any atom is 0.243 e. The van der Waals surface area contributed by atoms with Crippen LogP contribution in [0.3, 0.4) is 0 Å². The van der Waals surface area contributed by atoms with Crippen LogP contribution in [0.25, 0.3) is 0 Å². The topological polar surface area (TPSA) is 57.8 Å². The second-order valence-corrected chi connectivity index (χ2v) is 2.29. The summed E-state index contributed by atoms with van der Waals surface area (Å²) in [6.07, 6.45) is 6.44. The molecule has 1 rings (SSSR count). The Balaban J connectivity index is 2.31. The highest BCUT2D eigenvalue weighted by Crippen LogP contribution is 1.88. The Kier molecular flexibility index (Phi) is 3.07. The van der Waals surface area contributed by atoms with Gasteiger partial charge in [0.25, 0.3) is 0 Å². The highest BCUT2D eigenvalue weighted by molar-refractivity contribution is 5.87. The number of H-pyrrole nitrogens is 1. The number of aromatic nitrogens is 2. The predicted molar refractivity (Wildman–Crippen MR) is 45.2 cm³/mol. The van der Waals surface area contributed by atoms with Crippen LogP contribution in [0.2, 0.25) is 0 Å². The zero-order chi connectivity index (χ0) is 8.81. The van der Waals surface area contributed by atoms with E-state index in [0.29, 0.717) is 6.54 Å². The van der Waals surface area contributed by atoms with Gasteiger partial charge in [0.15, 0.2) is 0 Å². The zero-order valence-electron chi connectivity index (χ0n) is 6.87. The smallest absolute Gasteiger partial charge is 0.243 e. The van der Waals surface area contributed by atoms with Crippen LogP contribution in [0, 0.1) is 0 Å². The zero-order valence-corrected chi connectivity index (χ0v) is 6.87. The normalized spacial score (nSPS) is 10.4. The van der Waals surface area contributed by atoms with Crippen LogP contribution in [0.5, 0.6) is 0 Å². The van der Waals surface area contributed by atoms with E-state index in [2.05, 4.69) is 15.3 Å². The molecule has 0 aliphatic carbocycles. The fourth-order valence-corrected chi connectivity index (χ4v) is 0.774. The van der Waals surface area contributed by atoms with Gasteiger partial charge in [0.05, 0.1) is 18.6 Å². The van der Waals surface area contributed by atoms with Gasteiger partial charge in [0.2, 0.25) is 5.91 Å². The molecule has 64 valence electrons. The molecule has 0 saturated carbocycles. The van der Waals surface area contributed by atoms with E-state index in [-0.39, 0.29) is 5.91 Å². The summed E-state index contributed by atoms with van der Waals surface area (Å²) in [4.78, 5) is 17.6. The summed E-state index contributed by atoms with van der Waals surface area (Å²) in [5, 5.41) is 2.69. The van der Waals surface area contributed by atoms with E-state index in [4.69, 9.17) is 0 Å². The monoisotopic (exact) mass is 165 g/mol. The Bertz CT molecular complexity index is 264. The van der Waals surface area contributed by atoms with Crippen LogP contribution >= 0.6 is 0 Å². The van der Waals surface area contributed by atoms with Gasteiger partial charge in [-0.25, -0.2) is 4.98 Å². The van der Waals surface area contributed by atoms with Crippen molar-refractivity contribution < 1.29 is 4.79 Å². The van der Waals surface area contributed by atoms with Crippen LogP contribution in [0.4, 0.5) is 0 Å². The van der Waals surface area contributed by atoms with Crippen LogP contribution in [-0.2, 0) is 11.3 Å². The van der Waals surface area contributed by atoms with Crippen molar-refractivity contribution in [3.05, 3.63) is 30.4 Å². The quantitative estimate of drug-likeness (QED) is 0.644. The summed E-state index contributed by atoms with van der Waals surface area (Å²) in [5.41, 5.74) is 0.896. The van der Waals surface area contributed by atoms with E-state index in [0.717, 1.165) is 5.69 Å². The van der Waals surface area contributed by atoms with Gasteiger partial charge in [-0.15, -0.1) is 0 Å². The molecule has 0 bridgehead atoms. The minimum atomic E-state index is -0.0906. The van der Waals surface area contributed by atoms with Gasteiger partial charge >= 0.3 is 0 Å². The Labute approximate surface area is 70.7 Å². The third-order valence-corrected chi connectivity index (χ3v) is 1.33. The average Bonchev–Trinajstić information content (AvgIpc) is 2.53. The molecule has 1 aromatic rings. The molecule has 0 fully saturated rings. The Morgan fingerprint density at radius 3 is 3.25 bits per heavy atom. The van der Waals surface area contributed by atoms with Gasteiger partial charge < -0.3 is 10.3 Å². The van der Waals surface area contributed by atoms with E-state index in [1.165, 1.54) is 6.08 Å². The fourth-order valence-electron chi connectivity index (χ4n) is 0.774. The van der Waals surface area contributed by atoms with Crippen molar-refractivity contribution in [3.8, 4) is 0 Å². The lowest BCUT2D eigenvalue weighted by Gasteiger charge is -1.97. The first-order chi connectivity index (χ1) is 5.83. The summed E-state index contributed by atoms with van der Waals surface area (Å²) in [7, 11) is 0. The number of imidazole rings is 1. The number of amides is 1. The van der Waals surface area contributed by atoms with Crippen LogP contribution in [-0.4, -0.2) is 15.9 Å². The highest BCUT2D eigenvalue weighted by atomic mass is 16.1. The van der Waals surface area contributed by atoms with Crippen molar-refractivity contribution in [1.82, 2.24) is 15.3 Å². The van der Waals surface area contributed by atoms with Crippen LogP contribution in [0.1, 0.15) is 12.6 Å². The van der Waals surface area contributed by atoms with Crippen molar-refractivity contribution >= 4 is 5.91 Å². The number of allylic oxidation sites excluding steroid dienone is 1.